The third kappa shape index (κ3) is 12.8. The van der Waals surface area contributed by atoms with Crippen molar-refractivity contribution in [1.29, 1.82) is 0 Å². The molecule has 2 radical (unpaired) electrons. The largest absolute Gasteiger partial charge is 0.184 e. The average molecular weight is 620 g/mol. The third-order valence-corrected chi connectivity index (χ3v) is 4.99. The van der Waals surface area contributed by atoms with Gasteiger partial charge in [-0.2, -0.15) is 91.0 Å². The summed E-state index contributed by atoms with van der Waals surface area (Å²) in [5.74, 6) is 0. The first-order valence-electron chi connectivity index (χ1n) is 11.4. The van der Waals surface area contributed by atoms with Gasteiger partial charge in [0.1, 0.15) is 0 Å². The van der Waals surface area contributed by atoms with Gasteiger partial charge in [-0.05, 0) is 6.42 Å². The topological polar surface area (TPSA) is 3.24 Å². The van der Waals surface area contributed by atoms with E-state index in [9.17, 15) is 0 Å². The molecule has 0 fully saturated rings. The second-order valence-electron chi connectivity index (χ2n) is 7.60. The maximum atomic E-state index is 3.36. The van der Waals surface area contributed by atoms with E-state index >= 15 is 0 Å². The fourth-order valence-corrected chi connectivity index (χ4v) is 3.48. The molecule has 4 aromatic carbocycles. The van der Waals surface area contributed by atoms with E-state index < -0.39 is 0 Å². The number of halogens is 2. The Morgan fingerprint density at radius 3 is 1.76 bits per heavy atom. The molecule has 6 rings (SSSR count). The summed E-state index contributed by atoms with van der Waals surface area (Å²) >= 11 is 1.36. The number of nitrogens with zero attached hydrogens (tertiary/aromatic N) is 1. The van der Waals surface area contributed by atoms with Crippen LogP contribution in [0.4, 0.5) is 5.69 Å². The summed E-state index contributed by atoms with van der Waals surface area (Å²) in [6, 6.07) is 41.2. The van der Waals surface area contributed by atoms with Crippen molar-refractivity contribution in [3.05, 3.63) is 151 Å². The first-order chi connectivity index (χ1) is 17.3. The van der Waals surface area contributed by atoms with E-state index in [1.165, 1.54) is 51.3 Å². The van der Waals surface area contributed by atoms with Gasteiger partial charge in [0.05, 0.1) is 0 Å². The number of hydrogen-bond acceptors (Lipinski definition) is 1. The molecule has 5 heteroatoms. The number of benzene rings is 4. The van der Waals surface area contributed by atoms with Crippen molar-refractivity contribution in [1.82, 2.24) is 0 Å². The Morgan fingerprint density at radius 1 is 0.757 bits per heavy atom. The molecule has 0 heterocycles. The smallest absolute Gasteiger partial charge is 0.171 e. The van der Waals surface area contributed by atoms with Crippen LogP contribution in [0.1, 0.15) is 17.5 Å². The summed E-state index contributed by atoms with van der Waals surface area (Å²) < 4.78 is 0. The molecule has 0 spiro atoms. The summed E-state index contributed by atoms with van der Waals surface area (Å²) in [6.07, 6.45) is 11.0. The van der Waals surface area contributed by atoms with E-state index in [1.807, 2.05) is 78.9 Å². The van der Waals surface area contributed by atoms with Crippen molar-refractivity contribution in [2.75, 3.05) is 19.0 Å². The normalized spacial score (nSPS) is 10.3. The van der Waals surface area contributed by atoms with Crippen molar-refractivity contribution < 1.29 is 23.3 Å². The molecule has 37 heavy (non-hydrogen) atoms. The van der Waals surface area contributed by atoms with Crippen LogP contribution in [0.15, 0.2) is 115 Å². The molecule has 4 aromatic rings. The van der Waals surface area contributed by atoms with Crippen LogP contribution in [-0.4, -0.2) is 21.0 Å². The Morgan fingerprint density at radius 2 is 1.35 bits per heavy atom. The van der Waals surface area contributed by atoms with Crippen molar-refractivity contribution in [3.63, 3.8) is 0 Å². The molecule has 0 aliphatic heterocycles. The number of anilines is 1. The van der Waals surface area contributed by atoms with Gasteiger partial charge >= 0.3 is 30.2 Å². The van der Waals surface area contributed by atoms with Crippen LogP contribution in [0.3, 0.4) is 0 Å². The molecule has 0 amide bonds. The van der Waals surface area contributed by atoms with E-state index in [2.05, 4.69) is 86.6 Å². The molecule has 1 nitrogen and oxygen atoms in total. The number of allylic oxidation sites excluding steroid dienone is 4. The average Bonchev–Trinajstić information content (AvgIpc) is 3.64. The van der Waals surface area contributed by atoms with Gasteiger partial charge in [0.15, 0.2) is 0 Å². The van der Waals surface area contributed by atoms with Gasteiger partial charge < -0.3 is 4.90 Å². The maximum Gasteiger partial charge on any atom is -0.171 e. The monoisotopic (exact) mass is 617 g/mol. The Labute approximate surface area is 252 Å². The van der Waals surface area contributed by atoms with Crippen LogP contribution < -0.4 is 4.90 Å². The zero-order valence-corrected chi connectivity index (χ0v) is 26.2. The molecular formula is C32H31Cl2NSiZr-4. The van der Waals surface area contributed by atoms with Gasteiger partial charge in [-0.15, -0.1) is 48.4 Å². The van der Waals surface area contributed by atoms with Gasteiger partial charge in [-0.3, -0.25) is 6.08 Å². The Hall–Kier alpha value is -2.16. The zero-order chi connectivity index (χ0) is 25.1. The Kier molecular flexibility index (Phi) is 20.6. The first-order valence-corrected chi connectivity index (χ1v) is 15.5. The number of hydrogen-bond donors (Lipinski definition) is 0. The van der Waals surface area contributed by atoms with Gasteiger partial charge in [-0.1, -0.05) is 41.1 Å². The van der Waals surface area contributed by atoms with Crippen molar-refractivity contribution in [3.8, 4) is 11.1 Å². The van der Waals surface area contributed by atoms with Crippen LogP contribution in [0.2, 0.25) is 0 Å². The van der Waals surface area contributed by atoms with Crippen LogP contribution in [-0.2, 0) is 29.8 Å². The van der Waals surface area contributed by atoms with E-state index in [-0.39, 0.29) is 24.8 Å². The van der Waals surface area contributed by atoms with Gasteiger partial charge in [0, 0.05) is 14.1 Å². The Balaban J connectivity index is 0.000000514. The van der Waals surface area contributed by atoms with Gasteiger partial charge in [0.2, 0.25) is 0 Å². The molecule has 0 aromatic heterocycles. The zero-order valence-electron chi connectivity index (χ0n) is 21.1. The summed E-state index contributed by atoms with van der Waals surface area (Å²) in [7, 11) is 4.19. The van der Waals surface area contributed by atoms with Crippen molar-refractivity contribution >= 4 is 37.4 Å². The van der Waals surface area contributed by atoms with Crippen molar-refractivity contribution in [2.24, 2.45) is 0 Å². The fourth-order valence-electron chi connectivity index (χ4n) is 3.48. The summed E-state index contributed by atoms with van der Waals surface area (Å²) in [4.78, 5) is 2.18. The molecule has 0 bridgehead atoms. The quantitative estimate of drug-likeness (QED) is 0.136. The molecule has 0 atom stereocenters. The van der Waals surface area contributed by atoms with E-state index in [4.69, 9.17) is 0 Å². The van der Waals surface area contributed by atoms with Crippen LogP contribution in [0.5, 0.6) is 0 Å². The predicted octanol–water partition coefficient (Wildman–Crippen LogP) is 7.86. The molecule has 2 aliphatic rings. The minimum absolute atomic E-state index is 0. The maximum absolute atomic E-state index is 3.36. The van der Waals surface area contributed by atoms with Gasteiger partial charge in [0.25, 0.3) is 0 Å². The molecule has 0 saturated heterocycles. The fraction of sp³-hybridized carbons (Fsp3) is 0.125. The van der Waals surface area contributed by atoms with Crippen molar-refractivity contribution in [2.45, 2.75) is 12.8 Å². The standard InChI is InChI=1S/C15H14N.2C6H5.C5H5.2ClH.Si.Zr/c1-16(2)14-9-5-7-12-10-11-6-3-4-8-13(11)15(12)14;2*1-2-4-6-5-3-1;1-2-4-5-3-1;;;;/h3-6,8-9H,10H2,1-2H3;2*1-5H;1-3H,4H2;2*1H;;/q4*-1;;;;. The molecule has 0 N–H and O–H groups in total. The molecule has 0 unspecified atom stereocenters. The SMILES string of the molecule is CN(C)c1cc[c-]c2c1-c1ccccc1C2.Cl.Cl.[C-]1=CC=CC1.[Si]=[Zr].[c-]1ccccc1.[c-]1ccccc1. The minimum Gasteiger partial charge on any atom is -0.184 e. The molecule has 190 valence electrons. The predicted molar refractivity (Wildman–Crippen MR) is 160 cm³/mol. The second-order valence-corrected chi connectivity index (χ2v) is 7.60. The Bertz CT molecular complexity index is 1070. The molecular weight excluding hydrogens is 589 g/mol. The molecule has 2 aliphatic carbocycles. The van der Waals surface area contributed by atoms with E-state index in [1.54, 1.807) is 0 Å². The first kappa shape index (κ1) is 34.8. The van der Waals surface area contributed by atoms with Gasteiger partial charge in [-0.25, -0.2) is 12.2 Å². The van der Waals surface area contributed by atoms with E-state index in [0.717, 1.165) is 12.8 Å². The summed E-state index contributed by atoms with van der Waals surface area (Å²) in [5, 5.41) is 0. The number of rotatable bonds is 1. The van der Waals surface area contributed by atoms with Crippen LogP contribution in [0, 0.1) is 24.3 Å². The minimum atomic E-state index is 0. The molecule has 0 saturated carbocycles. The second kappa shape index (κ2) is 21.9. The summed E-state index contributed by atoms with van der Waals surface area (Å²) in [5.41, 5.74) is 6.77. The third-order valence-electron chi connectivity index (χ3n) is 4.99. The van der Waals surface area contributed by atoms with Crippen LogP contribution >= 0.6 is 24.8 Å². The number of fused-ring (bicyclic) bond motifs is 3. The summed E-state index contributed by atoms with van der Waals surface area (Å²) in [6.45, 7) is 3.06. The van der Waals surface area contributed by atoms with Crippen LogP contribution in [0.25, 0.3) is 11.1 Å². The van der Waals surface area contributed by atoms with E-state index in [0.29, 0.717) is 0 Å².